The smallest absolute Gasteiger partial charge is 0.146 e. The lowest BCUT2D eigenvalue weighted by Crippen LogP contribution is -2.31. The fourth-order valence-corrected chi connectivity index (χ4v) is 1.69. The summed E-state index contributed by atoms with van der Waals surface area (Å²) in [5.41, 5.74) is 6.83. The van der Waals surface area contributed by atoms with Crippen LogP contribution in [0.5, 0.6) is 0 Å². The lowest BCUT2D eigenvalue weighted by molar-refractivity contribution is 0.190. The SMILES string of the molecule is COCCN(CCOC)c1ccc(CN)cc1F. The van der Waals surface area contributed by atoms with Gasteiger partial charge in [-0.15, -0.1) is 0 Å². The van der Waals surface area contributed by atoms with Crippen molar-refractivity contribution in [1.82, 2.24) is 0 Å². The van der Waals surface area contributed by atoms with E-state index in [1.807, 2.05) is 11.0 Å². The Kier molecular flexibility index (Phi) is 6.64. The summed E-state index contributed by atoms with van der Waals surface area (Å²) in [6.07, 6.45) is 0. The van der Waals surface area contributed by atoms with Gasteiger partial charge in [0.25, 0.3) is 0 Å². The molecule has 0 aliphatic rings. The van der Waals surface area contributed by atoms with Gasteiger partial charge in [0, 0.05) is 33.9 Å². The molecule has 102 valence electrons. The van der Waals surface area contributed by atoms with Crippen molar-refractivity contribution >= 4 is 5.69 Å². The molecular weight excluding hydrogens is 235 g/mol. The molecule has 0 heterocycles. The minimum atomic E-state index is -0.259. The average molecular weight is 256 g/mol. The Morgan fingerprint density at radius 1 is 1.17 bits per heavy atom. The second kappa shape index (κ2) is 8.02. The number of nitrogens with zero attached hydrogens (tertiary/aromatic N) is 1. The van der Waals surface area contributed by atoms with Crippen LogP contribution in [0.15, 0.2) is 18.2 Å². The van der Waals surface area contributed by atoms with E-state index in [1.54, 1.807) is 20.3 Å². The molecule has 0 bridgehead atoms. The van der Waals surface area contributed by atoms with E-state index in [9.17, 15) is 4.39 Å². The zero-order valence-corrected chi connectivity index (χ0v) is 11.0. The van der Waals surface area contributed by atoms with Gasteiger partial charge < -0.3 is 20.1 Å². The van der Waals surface area contributed by atoms with E-state index in [0.717, 1.165) is 5.56 Å². The van der Waals surface area contributed by atoms with Crippen LogP contribution in [0, 0.1) is 5.82 Å². The highest BCUT2D eigenvalue weighted by Gasteiger charge is 2.11. The zero-order valence-electron chi connectivity index (χ0n) is 11.0. The lowest BCUT2D eigenvalue weighted by Gasteiger charge is -2.25. The highest BCUT2D eigenvalue weighted by Crippen LogP contribution is 2.20. The summed E-state index contributed by atoms with van der Waals surface area (Å²) in [7, 11) is 3.25. The minimum Gasteiger partial charge on any atom is -0.383 e. The van der Waals surface area contributed by atoms with Crippen molar-refractivity contribution in [1.29, 1.82) is 0 Å². The first-order valence-electron chi connectivity index (χ1n) is 5.94. The molecule has 0 atom stereocenters. The topological polar surface area (TPSA) is 47.7 Å². The van der Waals surface area contributed by atoms with E-state index in [-0.39, 0.29) is 5.82 Å². The van der Waals surface area contributed by atoms with Gasteiger partial charge in [0.05, 0.1) is 18.9 Å². The van der Waals surface area contributed by atoms with Crippen LogP contribution >= 0.6 is 0 Å². The molecule has 2 N–H and O–H groups in total. The number of halogens is 1. The van der Waals surface area contributed by atoms with Gasteiger partial charge in [-0.3, -0.25) is 0 Å². The van der Waals surface area contributed by atoms with Crippen LogP contribution in [0.3, 0.4) is 0 Å². The molecule has 1 aromatic rings. The normalized spacial score (nSPS) is 10.7. The van der Waals surface area contributed by atoms with E-state index in [4.69, 9.17) is 15.2 Å². The summed E-state index contributed by atoms with van der Waals surface area (Å²) in [6, 6.07) is 5.07. The van der Waals surface area contributed by atoms with Crippen molar-refractivity contribution in [3.8, 4) is 0 Å². The molecule has 0 radical (unpaired) electrons. The number of hydrogen-bond acceptors (Lipinski definition) is 4. The molecular formula is C13H21FN2O2. The molecule has 1 aromatic carbocycles. The molecule has 0 fully saturated rings. The number of hydrogen-bond donors (Lipinski definition) is 1. The van der Waals surface area contributed by atoms with Gasteiger partial charge in [0.1, 0.15) is 5.82 Å². The first-order chi connectivity index (χ1) is 8.72. The highest BCUT2D eigenvalue weighted by molar-refractivity contribution is 5.49. The Balaban J connectivity index is 2.82. The van der Waals surface area contributed by atoms with Crippen molar-refractivity contribution in [3.05, 3.63) is 29.6 Å². The van der Waals surface area contributed by atoms with Gasteiger partial charge in [-0.2, -0.15) is 0 Å². The molecule has 1 rings (SSSR count). The summed E-state index contributed by atoms with van der Waals surface area (Å²) in [5, 5.41) is 0. The molecule has 0 spiro atoms. The van der Waals surface area contributed by atoms with E-state index in [1.165, 1.54) is 6.07 Å². The number of ether oxygens (including phenoxy) is 2. The largest absolute Gasteiger partial charge is 0.383 e. The number of nitrogens with two attached hydrogens (primary N) is 1. The quantitative estimate of drug-likeness (QED) is 0.763. The maximum absolute atomic E-state index is 14.0. The summed E-state index contributed by atoms with van der Waals surface area (Å²) >= 11 is 0. The summed E-state index contributed by atoms with van der Waals surface area (Å²) in [5.74, 6) is -0.259. The Bertz CT molecular complexity index is 353. The molecule has 0 unspecified atom stereocenters. The molecule has 0 amide bonds. The van der Waals surface area contributed by atoms with Gasteiger partial charge in [-0.1, -0.05) is 6.07 Å². The summed E-state index contributed by atoms with van der Waals surface area (Å²) in [6.45, 7) is 2.68. The standard InChI is InChI=1S/C13H21FN2O2/c1-17-7-5-16(6-8-18-2)13-4-3-11(10-15)9-12(13)14/h3-4,9H,5-8,10,15H2,1-2H3. The molecule has 0 aromatic heterocycles. The van der Waals surface area contributed by atoms with Gasteiger partial charge in [0.2, 0.25) is 0 Å². The number of benzene rings is 1. The van der Waals surface area contributed by atoms with E-state index >= 15 is 0 Å². The monoisotopic (exact) mass is 256 g/mol. The maximum atomic E-state index is 14.0. The third kappa shape index (κ3) is 4.25. The predicted octanol–water partition coefficient (Wildman–Crippen LogP) is 1.38. The Morgan fingerprint density at radius 3 is 2.22 bits per heavy atom. The molecule has 0 saturated carbocycles. The predicted molar refractivity (Wildman–Crippen MR) is 70.3 cm³/mol. The average Bonchev–Trinajstić information content (AvgIpc) is 2.39. The van der Waals surface area contributed by atoms with Crippen LogP contribution in [-0.2, 0) is 16.0 Å². The van der Waals surface area contributed by atoms with Gasteiger partial charge in [-0.25, -0.2) is 4.39 Å². The molecule has 5 heteroatoms. The van der Waals surface area contributed by atoms with Crippen LogP contribution in [0.4, 0.5) is 10.1 Å². The van der Waals surface area contributed by atoms with Gasteiger partial charge >= 0.3 is 0 Å². The summed E-state index contributed by atoms with van der Waals surface area (Å²) < 4.78 is 24.0. The number of anilines is 1. The summed E-state index contributed by atoms with van der Waals surface area (Å²) in [4.78, 5) is 1.91. The fraction of sp³-hybridized carbons (Fsp3) is 0.538. The van der Waals surface area contributed by atoms with Crippen LogP contribution in [0.1, 0.15) is 5.56 Å². The van der Waals surface area contributed by atoms with Crippen LogP contribution in [0.2, 0.25) is 0 Å². The van der Waals surface area contributed by atoms with Gasteiger partial charge in [0.15, 0.2) is 0 Å². The fourth-order valence-electron chi connectivity index (χ4n) is 1.69. The number of rotatable bonds is 8. The molecule has 4 nitrogen and oxygen atoms in total. The zero-order chi connectivity index (χ0) is 13.4. The second-order valence-electron chi connectivity index (χ2n) is 3.96. The van der Waals surface area contributed by atoms with Crippen molar-refractivity contribution in [2.45, 2.75) is 6.54 Å². The van der Waals surface area contributed by atoms with Crippen LogP contribution in [0.25, 0.3) is 0 Å². The number of methoxy groups -OCH3 is 2. The van der Waals surface area contributed by atoms with E-state index < -0.39 is 0 Å². The first-order valence-corrected chi connectivity index (χ1v) is 5.94. The lowest BCUT2D eigenvalue weighted by atomic mass is 10.2. The van der Waals surface area contributed by atoms with Gasteiger partial charge in [-0.05, 0) is 17.7 Å². The molecule has 18 heavy (non-hydrogen) atoms. The van der Waals surface area contributed by atoms with Crippen molar-refractivity contribution in [2.75, 3.05) is 45.4 Å². The Hall–Kier alpha value is -1.17. The van der Waals surface area contributed by atoms with Crippen LogP contribution in [-0.4, -0.2) is 40.5 Å². The van der Waals surface area contributed by atoms with Crippen molar-refractivity contribution in [3.63, 3.8) is 0 Å². The van der Waals surface area contributed by atoms with Crippen molar-refractivity contribution < 1.29 is 13.9 Å². The second-order valence-corrected chi connectivity index (χ2v) is 3.96. The minimum absolute atomic E-state index is 0.259. The van der Waals surface area contributed by atoms with E-state index in [0.29, 0.717) is 38.5 Å². The van der Waals surface area contributed by atoms with Crippen molar-refractivity contribution in [2.24, 2.45) is 5.73 Å². The molecule has 0 aliphatic heterocycles. The third-order valence-electron chi connectivity index (χ3n) is 2.72. The molecule has 0 aliphatic carbocycles. The Labute approximate surface area is 107 Å². The van der Waals surface area contributed by atoms with Crippen LogP contribution < -0.4 is 10.6 Å². The molecule has 0 saturated heterocycles. The third-order valence-corrected chi connectivity index (χ3v) is 2.72. The highest BCUT2D eigenvalue weighted by atomic mass is 19.1. The first kappa shape index (κ1) is 14.9. The Morgan fingerprint density at radius 2 is 1.78 bits per heavy atom. The van der Waals surface area contributed by atoms with E-state index in [2.05, 4.69) is 0 Å². The maximum Gasteiger partial charge on any atom is 0.146 e.